The van der Waals surface area contributed by atoms with E-state index in [0.29, 0.717) is 16.9 Å². The minimum atomic E-state index is -0.507. The minimum absolute atomic E-state index is 0.101. The highest BCUT2D eigenvalue weighted by molar-refractivity contribution is 7.99. The largest absolute Gasteiger partial charge is 0.329 e. The molecule has 0 saturated carbocycles. The molecule has 2 N–H and O–H groups in total. The molecular weight excluding hydrogens is 384 g/mol. The molecular formula is C22H24N4O2S. The molecule has 0 spiro atoms. The van der Waals surface area contributed by atoms with E-state index in [0.717, 1.165) is 10.1 Å². The van der Waals surface area contributed by atoms with Gasteiger partial charge in [0, 0.05) is 46.7 Å². The monoisotopic (exact) mass is 408 g/mol. The number of anilines is 2. The fourth-order valence-corrected chi connectivity index (χ4v) is 3.22. The first-order valence-electron chi connectivity index (χ1n) is 9.20. The Morgan fingerprint density at radius 2 is 1.72 bits per heavy atom. The number of aromatic nitrogens is 2. The predicted octanol–water partition coefficient (Wildman–Crippen LogP) is 4.81. The highest BCUT2D eigenvalue weighted by atomic mass is 32.2. The van der Waals surface area contributed by atoms with Crippen LogP contribution < -0.4 is 10.6 Å². The molecule has 3 rings (SSSR count). The number of carbonyl (C=O) groups is 2. The van der Waals surface area contributed by atoms with E-state index in [2.05, 4.69) is 15.6 Å². The van der Waals surface area contributed by atoms with E-state index >= 15 is 0 Å². The van der Waals surface area contributed by atoms with Gasteiger partial charge in [-0.3, -0.25) is 9.59 Å². The summed E-state index contributed by atoms with van der Waals surface area (Å²) in [6.45, 7) is 5.53. The van der Waals surface area contributed by atoms with Gasteiger partial charge in [0.1, 0.15) is 0 Å². The zero-order chi connectivity index (χ0) is 21.0. The van der Waals surface area contributed by atoms with Crippen LogP contribution in [0.25, 0.3) is 0 Å². The zero-order valence-electron chi connectivity index (χ0n) is 16.9. The van der Waals surface area contributed by atoms with E-state index in [-0.39, 0.29) is 11.8 Å². The number of imidazole rings is 1. The summed E-state index contributed by atoms with van der Waals surface area (Å²) in [4.78, 5) is 30.1. The lowest BCUT2D eigenvalue weighted by Crippen LogP contribution is -2.27. The summed E-state index contributed by atoms with van der Waals surface area (Å²) in [6, 6.07) is 14.5. The number of nitrogens with one attached hydrogen (secondary N) is 2. The summed E-state index contributed by atoms with van der Waals surface area (Å²) in [5, 5.41) is 6.63. The molecule has 0 aliphatic heterocycles. The number of amides is 2. The van der Waals surface area contributed by atoms with Gasteiger partial charge < -0.3 is 15.2 Å². The van der Waals surface area contributed by atoms with E-state index < -0.39 is 5.41 Å². The number of carbonyl (C=O) groups excluding carboxylic acids is 2. The summed E-state index contributed by atoms with van der Waals surface area (Å²) in [5.74, 6) is -0.336. The molecule has 0 saturated heterocycles. The zero-order valence-corrected chi connectivity index (χ0v) is 17.7. The Balaban J connectivity index is 1.65. The lowest BCUT2D eigenvalue weighted by molar-refractivity contribution is -0.123. The molecule has 7 heteroatoms. The van der Waals surface area contributed by atoms with Crippen molar-refractivity contribution in [2.24, 2.45) is 12.5 Å². The van der Waals surface area contributed by atoms with Crippen LogP contribution in [0.15, 0.2) is 71.0 Å². The standard InChI is InChI=1S/C22H24N4O2S/c1-22(2,3)20(28)25-17-7-5-6-15(14-17)19(27)24-16-8-10-18(11-9-16)29-21-23-12-13-26(21)4/h5-14H,1-4H3,(H,24,27)(H,25,28). The Morgan fingerprint density at radius 1 is 1.00 bits per heavy atom. The third-order valence-corrected chi connectivity index (χ3v) is 5.25. The molecule has 1 heterocycles. The van der Waals surface area contributed by atoms with Crippen LogP contribution in [0.3, 0.4) is 0 Å². The molecule has 0 bridgehead atoms. The molecule has 2 aromatic carbocycles. The quantitative estimate of drug-likeness (QED) is 0.635. The Kier molecular flexibility index (Phi) is 6.08. The van der Waals surface area contributed by atoms with Crippen LogP contribution in [-0.4, -0.2) is 21.4 Å². The molecule has 2 amide bonds. The molecule has 0 fully saturated rings. The molecule has 29 heavy (non-hydrogen) atoms. The molecule has 0 aliphatic carbocycles. The van der Waals surface area contributed by atoms with Crippen LogP contribution >= 0.6 is 11.8 Å². The second kappa shape index (κ2) is 8.53. The number of rotatable bonds is 5. The van der Waals surface area contributed by atoms with Crippen molar-refractivity contribution in [2.75, 3.05) is 10.6 Å². The Morgan fingerprint density at radius 3 is 2.34 bits per heavy atom. The van der Waals surface area contributed by atoms with Gasteiger partial charge in [-0.05, 0) is 42.5 Å². The van der Waals surface area contributed by atoms with E-state index in [4.69, 9.17) is 0 Å². The first-order valence-corrected chi connectivity index (χ1v) is 10.0. The van der Waals surface area contributed by atoms with Crippen molar-refractivity contribution in [1.29, 1.82) is 0 Å². The highest BCUT2D eigenvalue weighted by Gasteiger charge is 2.21. The first kappa shape index (κ1) is 20.7. The molecule has 3 aromatic rings. The van der Waals surface area contributed by atoms with Crippen molar-refractivity contribution in [3.63, 3.8) is 0 Å². The molecule has 150 valence electrons. The van der Waals surface area contributed by atoms with Crippen LogP contribution in [0.4, 0.5) is 11.4 Å². The van der Waals surface area contributed by atoms with Crippen molar-refractivity contribution >= 4 is 35.0 Å². The summed E-state index contributed by atoms with van der Waals surface area (Å²) in [6.07, 6.45) is 3.66. The second-order valence-electron chi connectivity index (χ2n) is 7.69. The Labute approximate surface area is 174 Å². The van der Waals surface area contributed by atoms with E-state index in [1.165, 1.54) is 0 Å². The van der Waals surface area contributed by atoms with Gasteiger partial charge in [-0.2, -0.15) is 0 Å². The predicted molar refractivity (Wildman–Crippen MR) is 116 cm³/mol. The Bertz CT molecular complexity index is 1020. The van der Waals surface area contributed by atoms with Crippen LogP contribution in [0.2, 0.25) is 0 Å². The van der Waals surface area contributed by atoms with Crippen molar-refractivity contribution in [2.45, 2.75) is 30.8 Å². The van der Waals surface area contributed by atoms with Crippen LogP contribution in [0.1, 0.15) is 31.1 Å². The molecule has 0 unspecified atom stereocenters. The van der Waals surface area contributed by atoms with Gasteiger partial charge in [-0.15, -0.1) is 0 Å². The second-order valence-corrected chi connectivity index (χ2v) is 8.73. The highest BCUT2D eigenvalue weighted by Crippen LogP contribution is 2.27. The van der Waals surface area contributed by atoms with Crippen molar-refractivity contribution in [1.82, 2.24) is 9.55 Å². The third-order valence-electron chi connectivity index (χ3n) is 4.16. The first-order chi connectivity index (χ1) is 13.7. The van der Waals surface area contributed by atoms with Crippen LogP contribution in [0.5, 0.6) is 0 Å². The van der Waals surface area contributed by atoms with Gasteiger partial charge in [0.25, 0.3) is 5.91 Å². The molecule has 0 radical (unpaired) electrons. The fraction of sp³-hybridized carbons (Fsp3) is 0.227. The SMILES string of the molecule is Cn1ccnc1Sc1ccc(NC(=O)c2cccc(NC(=O)C(C)(C)C)c2)cc1. The lowest BCUT2D eigenvalue weighted by Gasteiger charge is -2.18. The molecule has 6 nitrogen and oxygen atoms in total. The average molecular weight is 409 g/mol. The maximum atomic E-state index is 12.6. The summed E-state index contributed by atoms with van der Waals surface area (Å²) < 4.78 is 1.95. The number of hydrogen-bond donors (Lipinski definition) is 2. The Hall–Kier alpha value is -3.06. The maximum Gasteiger partial charge on any atom is 0.255 e. The summed E-state index contributed by atoms with van der Waals surface area (Å²) in [5.41, 5.74) is 1.26. The summed E-state index contributed by atoms with van der Waals surface area (Å²) >= 11 is 1.55. The topological polar surface area (TPSA) is 76.0 Å². The van der Waals surface area contributed by atoms with Gasteiger partial charge in [-0.25, -0.2) is 4.98 Å². The number of nitrogens with zero attached hydrogens (tertiary/aromatic N) is 2. The van der Waals surface area contributed by atoms with Crippen molar-refractivity contribution < 1.29 is 9.59 Å². The van der Waals surface area contributed by atoms with Gasteiger partial charge in [0.2, 0.25) is 5.91 Å². The van der Waals surface area contributed by atoms with E-state index in [1.807, 2.05) is 62.8 Å². The van der Waals surface area contributed by atoms with Gasteiger partial charge in [-0.1, -0.05) is 38.6 Å². The average Bonchev–Trinajstić information content (AvgIpc) is 3.07. The van der Waals surface area contributed by atoms with Crippen molar-refractivity contribution in [3.05, 3.63) is 66.5 Å². The van der Waals surface area contributed by atoms with Gasteiger partial charge >= 0.3 is 0 Å². The van der Waals surface area contributed by atoms with Gasteiger partial charge in [0.15, 0.2) is 5.16 Å². The van der Waals surface area contributed by atoms with Crippen LogP contribution in [-0.2, 0) is 11.8 Å². The molecule has 0 aliphatic rings. The lowest BCUT2D eigenvalue weighted by atomic mass is 9.95. The number of benzene rings is 2. The smallest absolute Gasteiger partial charge is 0.255 e. The molecule has 1 aromatic heterocycles. The molecule has 0 atom stereocenters. The van der Waals surface area contributed by atoms with E-state index in [1.54, 1.807) is 42.2 Å². The van der Waals surface area contributed by atoms with Gasteiger partial charge in [0.05, 0.1) is 0 Å². The van der Waals surface area contributed by atoms with E-state index in [9.17, 15) is 9.59 Å². The number of aryl methyl sites for hydroxylation is 1. The fourth-order valence-electron chi connectivity index (χ4n) is 2.42. The normalized spacial score (nSPS) is 11.2. The van der Waals surface area contributed by atoms with Crippen LogP contribution in [0, 0.1) is 5.41 Å². The minimum Gasteiger partial charge on any atom is -0.329 e. The van der Waals surface area contributed by atoms with Crippen molar-refractivity contribution in [3.8, 4) is 0 Å². The third kappa shape index (κ3) is 5.48. The maximum absolute atomic E-state index is 12.6. The number of hydrogen-bond acceptors (Lipinski definition) is 4. The summed E-state index contributed by atoms with van der Waals surface area (Å²) in [7, 11) is 1.95.